The average molecular weight is 313 g/mol. The number of nitrogens with zero attached hydrogens (tertiary/aromatic N) is 1. The summed E-state index contributed by atoms with van der Waals surface area (Å²) in [5.41, 5.74) is 0. The van der Waals surface area contributed by atoms with E-state index in [1.54, 1.807) is 24.3 Å². The fourth-order valence-electron chi connectivity index (χ4n) is 2.35. The quantitative estimate of drug-likeness (QED) is 0.742. The first-order valence-corrected chi connectivity index (χ1v) is 7.53. The number of hydrogen-bond acceptors (Lipinski definition) is 4. The molecule has 1 aromatic rings. The number of benzene rings is 1. The number of likely N-dealkylation sites (tertiary alicyclic amines) is 1. The second kappa shape index (κ2) is 8.22. The van der Waals surface area contributed by atoms with Crippen LogP contribution in [0.1, 0.15) is 6.42 Å². The Balaban J connectivity index is 1.58. The van der Waals surface area contributed by atoms with E-state index in [4.69, 9.17) is 21.4 Å². The zero-order chi connectivity index (χ0) is 15.1. The Bertz CT molecular complexity index is 453. The van der Waals surface area contributed by atoms with E-state index in [9.17, 15) is 4.79 Å². The number of amides is 1. The number of aliphatic hydroxyl groups is 1. The summed E-state index contributed by atoms with van der Waals surface area (Å²) in [6, 6.07) is 7.12. The number of aliphatic hydroxyl groups excluding tert-OH is 1. The van der Waals surface area contributed by atoms with E-state index in [0.29, 0.717) is 30.6 Å². The number of carbonyl (C=O) groups excluding carboxylic acids is 1. The normalized spacial score (nSPS) is 18.7. The molecule has 0 aliphatic carbocycles. The van der Waals surface area contributed by atoms with E-state index in [0.717, 1.165) is 25.3 Å². The van der Waals surface area contributed by atoms with Gasteiger partial charge in [0.2, 0.25) is 5.91 Å². The highest BCUT2D eigenvalue weighted by Gasteiger charge is 2.22. The maximum absolute atomic E-state index is 11.8. The van der Waals surface area contributed by atoms with Gasteiger partial charge in [0.05, 0.1) is 13.1 Å². The molecule has 2 N–H and O–H groups in total. The molecular formula is C15H21ClN2O3. The third-order valence-electron chi connectivity index (χ3n) is 3.50. The summed E-state index contributed by atoms with van der Waals surface area (Å²) >= 11 is 5.78. The molecule has 21 heavy (non-hydrogen) atoms. The number of ether oxygens (including phenoxy) is 1. The lowest BCUT2D eigenvalue weighted by atomic mass is 10.1. The van der Waals surface area contributed by atoms with Crippen LogP contribution in [0.3, 0.4) is 0 Å². The van der Waals surface area contributed by atoms with E-state index in [1.165, 1.54) is 0 Å². The summed E-state index contributed by atoms with van der Waals surface area (Å²) in [6.07, 6.45) is 0.962. The van der Waals surface area contributed by atoms with Crippen molar-refractivity contribution in [3.63, 3.8) is 0 Å². The molecule has 1 fully saturated rings. The first kappa shape index (κ1) is 16.1. The van der Waals surface area contributed by atoms with Crippen LogP contribution in [0.4, 0.5) is 0 Å². The topological polar surface area (TPSA) is 61.8 Å². The fourth-order valence-corrected chi connectivity index (χ4v) is 2.48. The molecule has 1 saturated heterocycles. The van der Waals surface area contributed by atoms with Crippen LogP contribution in [-0.4, -0.2) is 55.3 Å². The molecule has 1 heterocycles. The monoisotopic (exact) mass is 312 g/mol. The van der Waals surface area contributed by atoms with Gasteiger partial charge in [0.25, 0.3) is 0 Å². The molecule has 1 unspecified atom stereocenters. The molecule has 0 saturated carbocycles. The van der Waals surface area contributed by atoms with Gasteiger partial charge in [0.15, 0.2) is 0 Å². The van der Waals surface area contributed by atoms with Crippen LogP contribution in [0, 0.1) is 5.92 Å². The highest BCUT2D eigenvalue weighted by Crippen LogP contribution is 2.15. The fraction of sp³-hybridized carbons (Fsp3) is 0.533. The van der Waals surface area contributed by atoms with Gasteiger partial charge in [-0.25, -0.2) is 0 Å². The predicted molar refractivity (Wildman–Crippen MR) is 81.6 cm³/mol. The van der Waals surface area contributed by atoms with Crippen molar-refractivity contribution in [2.75, 3.05) is 39.4 Å². The smallest absolute Gasteiger partial charge is 0.234 e. The maximum atomic E-state index is 11.8. The van der Waals surface area contributed by atoms with Gasteiger partial charge >= 0.3 is 0 Å². The number of halogens is 1. The van der Waals surface area contributed by atoms with Crippen molar-refractivity contribution in [2.24, 2.45) is 5.92 Å². The molecule has 1 amide bonds. The Hall–Kier alpha value is -1.30. The third-order valence-corrected chi connectivity index (χ3v) is 3.75. The summed E-state index contributed by atoms with van der Waals surface area (Å²) in [7, 11) is 0. The van der Waals surface area contributed by atoms with E-state index in [1.807, 2.05) is 0 Å². The molecule has 6 heteroatoms. The summed E-state index contributed by atoms with van der Waals surface area (Å²) in [5, 5.41) is 12.6. The average Bonchev–Trinajstić information content (AvgIpc) is 2.93. The van der Waals surface area contributed by atoms with Crippen LogP contribution < -0.4 is 10.1 Å². The molecular weight excluding hydrogens is 292 g/mol. The molecule has 1 aliphatic heterocycles. The molecule has 0 radical (unpaired) electrons. The van der Waals surface area contributed by atoms with E-state index in [2.05, 4.69) is 10.2 Å². The summed E-state index contributed by atoms with van der Waals surface area (Å²) in [4.78, 5) is 13.8. The number of rotatable bonds is 7. The van der Waals surface area contributed by atoms with Gasteiger partial charge in [-0.3, -0.25) is 9.69 Å². The Morgan fingerprint density at radius 3 is 2.86 bits per heavy atom. The third kappa shape index (κ3) is 5.53. The first-order valence-electron chi connectivity index (χ1n) is 7.15. The molecule has 1 aromatic carbocycles. The van der Waals surface area contributed by atoms with E-state index >= 15 is 0 Å². The van der Waals surface area contributed by atoms with Crippen molar-refractivity contribution in [2.45, 2.75) is 6.42 Å². The predicted octanol–water partition coefficient (Wildman–Crippen LogP) is 1.15. The second-order valence-electron chi connectivity index (χ2n) is 5.22. The van der Waals surface area contributed by atoms with Gasteiger partial charge in [-0.1, -0.05) is 11.6 Å². The van der Waals surface area contributed by atoms with Crippen molar-refractivity contribution in [3.05, 3.63) is 29.3 Å². The zero-order valence-corrected chi connectivity index (χ0v) is 12.7. The van der Waals surface area contributed by atoms with Crippen molar-refractivity contribution < 1.29 is 14.6 Å². The van der Waals surface area contributed by atoms with Crippen LogP contribution in [0.2, 0.25) is 5.02 Å². The lowest BCUT2D eigenvalue weighted by Crippen LogP contribution is -2.37. The standard InChI is InChI=1S/C15H21ClN2O3/c16-13-1-3-14(4-2-13)21-8-6-17-15(20)10-18-7-5-12(9-18)11-19/h1-4,12,19H,5-11H2,(H,17,20). The van der Waals surface area contributed by atoms with E-state index in [-0.39, 0.29) is 12.5 Å². The van der Waals surface area contributed by atoms with Crippen molar-refractivity contribution in [1.82, 2.24) is 10.2 Å². The lowest BCUT2D eigenvalue weighted by molar-refractivity contribution is -0.122. The zero-order valence-electron chi connectivity index (χ0n) is 11.9. The molecule has 0 bridgehead atoms. The maximum Gasteiger partial charge on any atom is 0.234 e. The van der Waals surface area contributed by atoms with Crippen LogP contribution in [0.15, 0.2) is 24.3 Å². The Labute approximate surface area is 129 Å². The van der Waals surface area contributed by atoms with Gasteiger partial charge in [0, 0.05) is 18.2 Å². The van der Waals surface area contributed by atoms with Crippen LogP contribution in [0.25, 0.3) is 0 Å². The molecule has 0 aromatic heterocycles. The van der Waals surface area contributed by atoms with Crippen molar-refractivity contribution in [1.29, 1.82) is 0 Å². The second-order valence-corrected chi connectivity index (χ2v) is 5.66. The van der Waals surface area contributed by atoms with Gasteiger partial charge in [0.1, 0.15) is 12.4 Å². The lowest BCUT2D eigenvalue weighted by Gasteiger charge is -2.15. The molecule has 116 valence electrons. The van der Waals surface area contributed by atoms with Crippen LogP contribution in [0.5, 0.6) is 5.75 Å². The molecule has 0 spiro atoms. The van der Waals surface area contributed by atoms with Crippen LogP contribution in [-0.2, 0) is 4.79 Å². The summed E-state index contributed by atoms with van der Waals surface area (Å²) in [5.74, 6) is 1.04. The van der Waals surface area contributed by atoms with Gasteiger partial charge in [-0.15, -0.1) is 0 Å². The minimum atomic E-state index is -0.00621. The number of hydrogen-bond donors (Lipinski definition) is 2. The van der Waals surface area contributed by atoms with Crippen molar-refractivity contribution >= 4 is 17.5 Å². The Morgan fingerprint density at radius 1 is 1.43 bits per heavy atom. The SMILES string of the molecule is O=C(CN1CCC(CO)C1)NCCOc1ccc(Cl)cc1. The number of nitrogens with one attached hydrogen (secondary N) is 1. The molecule has 1 aliphatic rings. The Morgan fingerprint density at radius 2 is 2.19 bits per heavy atom. The van der Waals surface area contributed by atoms with Crippen LogP contribution >= 0.6 is 11.6 Å². The number of carbonyl (C=O) groups is 1. The Kier molecular flexibility index (Phi) is 6.29. The first-order chi connectivity index (χ1) is 10.2. The minimum absolute atomic E-state index is 0.00621. The highest BCUT2D eigenvalue weighted by molar-refractivity contribution is 6.30. The van der Waals surface area contributed by atoms with Crippen molar-refractivity contribution in [3.8, 4) is 5.75 Å². The summed E-state index contributed by atoms with van der Waals surface area (Å²) < 4.78 is 5.50. The van der Waals surface area contributed by atoms with Gasteiger partial charge in [-0.05, 0) is 43.1 Å². The van der Waals surface area contributed by atoms with Gasteiger partial charge < -0.3 is 15.2 Å². The highest BCUT2D eigenvalue weighted by atomic mass is 35.5. The van der Waals surface area contributed by atoms with Gasteiger partial charge in [-0.2, -0.15) is 0 Å². The summed E-state index contributed by atoms with van der Waals surface area (Å²) in [6.45, 7) is 3.15. The minimum Gasteiger partial charge on any atom is -0.492 e. The largest absolute Gasteiger partial charge is 0.492 e. The van der Waals surface area contributed by atoms with E-state index < -0.39 is 0 Å². The molecule has 1 atom stereocenters. The molecule has 2 rings (SSSR count). The molecule has 5 nitrogen and oxygen atoms in total.